The van der Waals surface area contributed by atoms with E-state index in [0.29, 0.717) is 32.1 Å². The first-order chi connectivity index (χ1) is 19.9. The van der Waals surface area contributed by atoms with Crippen LogP contribution in [0.3, 0.4) is 0 Å². The Morgan fingerprint density at radius 2 is 1.15 bits per heavy atom. The molecular formula is C33H63N3O5. The number of hydrogen-bond donors (Lipinski definition) is 4. The van der Waals surface area contributed by atoms with Gasteiger partial charge in [0, 0.05) is 6.42 Å². The molecule has 0 fully saturated rings. The van der Waals surface area contributed by atoms with E-state index in [0.717, 1.165) is 25.7 Å². The summed E-state index contributed by atoms with van der Waals surface area (Å²) >= 11 is 0. The van der Waals surface area contributed by atoms with Gasteiger partial charge >= 0.3 is 5.97 Å². The number of aldehydes is 1. The molecule has 1 unspecified atom stereocenters. The van der Waals surface area contributed by atoms with Crippen LogP contribution >= 0.6 is 0 Å². The molecule has 0 aromatic carbocycles. The van der Waals surface area contributed by atoms with Crippen LogP contribution < -0.4 is 16.8 Å². The van der Waals surface area contributed by atoms with Gasteiger partial charge < -0.3 is 26.7 Å². The van der Waals surface area contributed by atoms with Crippen LogP contribution in [0, 0.1) is 5.92 Å². The van der Waals surface area contributed by atoms with Gasteiger partial charge in [-0.1, -0.05) is 129 Å². The Morgan fingerprint density at radius 3 is 1.54 bits per heavy atom. The molecule has 8 nitrogen and oxygen atoms in total. The minimum absolute atomic E-state index is 0.237. The molecule has 240 valence electrons. The fourth-order valence-electron chi connectivity index (χ4n) is 5.27. The van der Waals surface area contributed by atoms with Crippen LogP contribution in [0.25, 0.3) is 0 Å². The number of carbonyl (C=O) groups excluding carboxylic acids is 3. The fourth-order valence-corrected chi connectivity index (χ4v) is 5.27. The molecule has 0 radical (unpaired) electrons. The van der Waals surface area contributed by atoms with Crippen molar-refractivity contribution in [3.8, 4) is 0 Å². The van der Waals surface area contributed by atoms with Gasteiger partial charge in [-0.25, -0.2) is 4.79 Å². The Balaban J connectivity index is 3.83. The molecular weight excluding hydrogens is 518 g/mol. The number of Topliss-reactive ketones (excluding diaryl/α,β-unsaturated/α-hetero) is 1. The number of ketones is 1. The number of carboxylic acids is 1. The lowest BCUT2D eigenvalue weighted by Gasteiger charge is -2.20. The molecule has 0 saturated carbocycles. The maximum Gasteiger partial charge on any atom is 0.326 e. The quantitative estimate of drug-likeness (QED) is 0.0408. The van der Waals surface area contributed by atoms with E-state index in [1.165, 1.54) is 96.3 Å². The molecule has 0 spiro atoms. The lowest BCUT2D eigenvalue weighted by Crippen LogP contribution is -2.45. The average molecular weight is 582 g/mol. The van der Waals surface area contributed by atoms with Crippen molar-refractivity contribution < 1.29 is 24.3 Å². The first-order valence-corrected chi connectivity index (χ1v) is 16.8. The van der Waals surface area contributed by atoms with E-state index in [4.69, 9.17) is 11.5 Å². The van der Waals surface area contributed by atoms with Crippen molar-refractivity contribution in [2.45, 2.75) is 173 Å². The van der Waals surface area contributed by atoms with Crippen molar-refractivity contribution in [1.82, 2.24) is 5.32 Å². The number of nitrogens with one attached hydrogen (secondary N) is 1. The van der Waals surface area contributed by atoms with Crippen LogP contribution in [0.15, 0.2) is 0 Å². The van der Waals surface area contributed by atoms with Crippen molar-refractivity contribution in [3.63, 3.8) is 0 Å². The molecule has 0 aliphatic rings. The molecule has 6 N–H and O–H groups in total. The van der Waals surface area contributed by atoms with E-state index in [-0.39, 0.29) is 18.7 Å². The average Bonchev–Trinajstić information content (AvgIpc) is 2.96. The maximum absolute atomic E-state index is 12.5. The van der Waals surface area contributed by atoms with Crippen molar-refractivity contribution in [3.05, 3.63) is 0 Å². The molecule has 0 aromatic rings. The lowest BCUT2D eigenvalue weighted by atomic mass is 9.90. The Labute approximate surface area is 250 Å². The number of carboxylic acid groups (broad SMARTS) is 1. The zero-order chi connectivity index (χ0) is 30.6. The van der Waals surface area contributed by atoms with E-state index >= 15 is 0 Å². The predicted molar refractivity (Wildman–Crippen MR) is 168 cm³/mol. The summed E-state index contributed by atoms with van der Waals surface area (Å²) in [5.74, 6) is -3.27. The van der Waals surface area contributed by atoms with Crippen LogP contribution in [-0.2, 0) is 19.2 Å². The maximum atomic E-state index is 12.5. The lowest BCUT2D eigenvalue weighted by molar-refractivity contribution is -0.143. The van der Waals surface area contributed by atoms with E-state index in [9.17, 15) is 24.3 Å². The van der Waals surface area contributed by atoms with Gasteiger partial charge in [0.05, 0.1) is 12.0 Å². The van der Waals surface area contributed by atoms with Crippen molar-refractivity contribution >= 4 is 23.9 Å². The molecule has 0 heterocycles. The smallest absolute Gasteiger partial charge is 0.326 e. The minimum atomic E-state index is -1.29. The van der Waals surface area contributed by atoms with Gasteiger partial charge in [-0.15, -0.1) is 0 Å². The SMILES string of the molecule is CCCCCCCCCCCCCCCCCCCCCC(=O)N[C@@H](CC(C=O)C(=O)[C@@H](N)CCCCN)C(=O)O. The first-order valence-electron chi connectivity index (χ1n) is 16.8. The Kier molecular flexibility index (Phi) is 27.1. The Hall–Kier alpha value is -1.80. The number of nitrogens with two attached hydrogens (primary N) is 2. The second kappa shape index (κ2) is 28.3. The first kappa shape index (κ1) is 39.2. The molecule has 0 saturated heterocycles. The van der Waals surface area contributed by atoms with Gasteiger partial charge in [-0.05, 0) is 32.2 Å². The Bertz CT molecular complexity index is 673. The number of unbranched alkanes of at least 4 members (excludes halogenated alkanes) is 19. The van der Waals surface area contributed by atoms with E-state index in [2.05, 4.69) is 12.2 Å². The summed E-state index contributed by atoms with van der Waals surface area (Å²) in [5.41, 5.74) is 11.3. The molecule has 41 heavy (non-hydrogen) atoms. The fraction of sp³-hybridized carbons (Fsp3) is 0.879. The molecule has 0 rings (SSSR count). The third-order valence-corrected chi connectivity index (χ3v) is 7.99. The van der Waals surface area contributed by atoms with E-state index in [1.54, 1.807) is 0 Å². The highest BCUT2D eigenvalue weighted by Crippen LogP contribution is 2.15. The van der Waals surface area contributed by atoms with Gasteiger partial charge in [0.25, 0.3) is 0 Å². The molecule has 0 aromatic heterocycles. The second-order valence-corrected chi connectivity index (χ2v) is 11.8. The molecule has 8 heteroatoms. The van der Waals surface area contributed by atoms with Gasteiger partial charge in [0.1, 0.15) is 12.3 Å². The monoisotopic (exact) mass is 581 g/mol. The number of amides is 1. The molecule has 1 amide bonds. The third-order valence-electron chi connectivity index (χ3n) is 7.99. The van der Waals surface area contributed by atoms with Crippen molar-refractivity contribution in [1.29, 1.82) is 0 Å². The summed E-state index contributed by atoms with van der Waals surface area (Å²) in [6.07, 6.45) is 26.4. The van der Waals surface area contributed by atoms with Crippen LogP contribution in [0.4, 0.5) is 0 Å². The number of rotatable bonds is 31. The standard InChI is InChI=1S/C33H63N3O5/c1-2-3-4-5-6-7-8-9-10-11-12-13-14-15-16-17-18-19-20-24-31(38)36-30(33(40)41)26-28(27-37)32(39)29(35)23-21-22-25-34/h27-30H,2-26,34-35H2,1H3,(H,36,38)(H,40,41)/t28?,29-,30-/m0/s1. The zero-order valence-electron chi connectivity index (χ0n) is 26.2. The zero-order valence-corrected chi connectivity index (χ0v) is 26.2. The third kappa shape index (κ3) is 23.5. The number of carbonyl (C=O) groups is 4. The predicted octanol–water partition coefficient (Wildman–Crippen LogP) is 6.61. The summed E-state index contributed by atoms with van der Waals surface area (Å²) in [6, 6.07) is -2.13. The summed E-state index contributed by atoms with van der Waals surface area (Å²) in [4.78, 5) is 47.9. The molecule has 0 aliphatic carbocycles. The van der Waals surface area contributed by atoms with E-state index in [1.807, 2.05) is 0 Å². The molecule has 0 aliphatic heterocycles. The highest BCUT2D eigenvalue weighted by atomic mass is 16.4. The largest absolute Gasteiger partial charge is 0.480 e. The van der Waals surface area contributed by atoms with Crippen LogP contribution in [-0.4, -0.2) is 47.7 Å². The summed E-state index contributed by atoms with van der Waals surface area (Å²) in [5, 5.41) is 12.0. The topological polar surface area (TPSA) is 153 Å². The van der Waals surface area contributed by atoms with Crippen LogP contribution in [0.2, 0.25) is 0 Å². The van der Waals surface area contributed by atoms with E-state index < -0.39 is 29.8 Å². The number of aliphatic carboxylic acids is 1. The van der Waals surface area contributed by atoms with Gasteiger partial charge in [-0.3, -0.25) is 9.59 Å². The van der Waals surface area contributed by atoms with Crippen molar-refractivity contribution in [2.75, 3.05) is 6.54 Å². The van der Waals surface area contributed by atoms with Crippen molar-refractivity contribution in [2.24, 2.45) is 17.4 Å². The Morgan fingerprint density at radius 1 is 0.707 bits per heavy atom. The summed E-state index contributed by atoms with van der Waals surface area (Å²) in [7, 11) is 0. The number of hydrogen-bond acceptors (Lipinski definition) is 6. The minimum Gasteiger partial charge on any atom is -0.480 e. The summed E-state index contributed by atoms with van der Waals surface area (Å²) in [6.45, 7) is 2.76. The molecule has 0 bridgehead atoms. The van der Waals surface area contributed by atoms with Gasteiger partial charge in [-0.2, -0.15) is 0 Å². The van der Waals surface area contributed by atoms with Gasteiger partial charge in [0.15, 0.2) is 5.78 Å². The summed E-state index contributed by atoms with van der Waals surface area (Å²) < 4.78 is 0. The molecule has 3 atom stereocenters. The highest BCUT2D eigenvalue weighted by Gasteiger charge is 2.30. The van der Waals surface area contributed by atoms with Crippen LogP contribution in [0.5, 0.6) is 0 Å². The van der Waals surface area contributed by atoms with Gasteiger partial charge in [0.2, 0.25) is 5.91 Å². The van der Waals surface area contributed by atoms with Crippen LogP contribution in [0.1, 0.15) is 161 Å². The normalized spacial score (nSPS) is 13.4. The second-order valence-electron chi connectivity index (χ2n) is 11.8. The highest BCUT2D eigenvalue weighted by molar-refractivity contribution is 5.97.